The molecular formula is C12H18N2O5S. The van der Waals surface area contributed by atoms with Crippen LogP contribution < -0.4 is 10.1 Å². The van der Waals surface area contributed by atoms with Gasteiger partial charge in [0.1, 0.15) is 5.60 Å². The van der Waals surface area contributed by atoms with Crippen LogP contribution in [-0.2, 0) is 9.53 Å². The number of aliphatic carboxylic acids is 1. The van der Waals surface area contributed by atoms with Crippen LogP contribution in [0.15, 0.2) is 6.07 Å². The van der Waals surface area contributed by atoms with Crippen LogP contribution in [0.3, 0.4) is 0 Å². The smallest absolute Gasteiger partial charge is 0.408 e. The fourth-order valence-corrected chi connectivity index (χ4v) is 2.13. The van der Waals surface area contributed by atoms with Crippen molar-refractivity contribution in [3.05, 3.63) is 10.9 Å². The second-order valence-electron chi connectivity index (χ2n) is 5.07. The second-order valence-corrected chi connectivity index (χ2v) is 5.90. The minimum absolute atomic E-state index is 0.259. The number of carbonyl (C=O) groups excluding carboxylic acids is 1. The van der Waals surface area contributed by atoms with E-state index in [1.807, 2.05) is 0 Å². The highest BCUT2D eigenvalue weighted by Gasteiger charge is 2.24. The third-order valence-corrected chi connectivity index (χ3v) is 3.01. The monoisotopic (exact) mass is 302 g/mol. The first-order valence-corrected chi connectivity index (χ1v) is 6.70. The van der Waals surface area contributed by atoms with Crippen LogP contribution in [-0.4, -0.2) is 34.3 Å². The number of methoxy groups -OCH3 is 1. The van der Waals surface area contributed by atoms with Gasteiger partial charge in [-0.3, -0.25) is 4.79 Å². The molecular weight excluding hydrogens is 284 g/mol. The molecule has 1 aromatic rings. The van der Waals surface area contributed by atoms with Crippen molar-refractivity contribution in [1.29, 1.82) is 0 Å². The highest BCUT2D eigenvalue weighted by Crippen LogP contribution is 2.26. The molecule has 0 aliphatic rings. The first-order valence-electron chi connectivity index (χ1n) is 5.93. The van der Waals surface area contributed by atoms with Crippen LogP contribution in [0, 0.1) is 0 Å². The van der Waals surface area contributed by atoms with Gasteiger partial charge in [0.15, 0.2) is 0 Å². The van der Waals surface area contributed by atoms with Gasteiger partial charge in [0.2, 0.25) is 5.88 Å². The Morgan fingerprint density at radius 2 is 2.15 bits per heavy atom. The maximum atomic E-state index is 11.7. The number of carboxylic acid groups (broad SMARTS) is 1. The van der Waals surface area contributed by atoms with Gasteiger partial charge in [0.25, 0.3) is 0 Å². The minimum atomic E-state index is -1.03. The highest BCUT2D eigenvalue weighted by molar-refractivity contribution is 7.06. The van der Waals surface area contributed by atoms with Crippen molar-refractivity contribution in [2.24, 2.45) is 0 Å². The number of nitrogens with one attached hydrogen (secondary N) is 1. The Morgan fingerprint density at radius 3 is 2.60 bits per heavy atom. The van der Waals surface area contributed by atoms with Crippen molar-refractivity contribution in [2.45, 2.75) is 38.8 Å². The summed E-state index contributed by atoms with van der Waals surface area (Å²) < 4.78 is 14.0. The molecule has 0 aliphatic heterocycles. The highest BCUT2D eigenvalue weighted by atomic mass is 32.1. The SMILES string of the molecule is COc1cc([C@H](CC(=O)O)NC(=O)OC(C)(C)C)sn1. The Kier molecular flexibility index (Phi) is 5.32. The van der Waals surface area contributed by atoms with E-state index >= 15 is 0 Å². The molecule has 1 rings (SSSR count). The lowest BCUT2D eigenvalue weighted by molar-refractivity contribution is -0.137. The number of ether oxygens (including phenoxy) is 2. The quantitative estimate of drug-likeness (QED) is 0.865. The maximum Gasteiger partial charge on any atom is 0.408 e. The van der Waals surface area contributed by atoms with E-state index < -0.39 is 23.7 Å². The van der Waals surface area contributed by atoms with Crippen molar-refractivity contribution in [1.82, 2.24) is 9.69 Å². The first-order chi connectivity index (χ1) is 9.21. The zero-order valence-electron chi connectivity index (χ0n) is 11.8. The zero-order chi connectivity index (χ0) is 15.3. The van der Waals surface area contributed by atoms with Crippen LogP contribution in [0.1, 0.15) is 38.1 Å². The molecule has 0 bridgehead atoms. The third kappa shape index (κ3) is 5.43. The molecule has 0 spiro atoms. The largest absolute Gasteiger partial charge is 0.481 e. The Bertz CT molecular complexity index is 480. The van der Waals surface area contributed by atoms with E-state index in [0.717, 1.165) is 11.5 Å². The van der Waals surface area contributed by atoms with Crippen LogP contribution in [0.4, 0.5) is 4.79 Å². The molecule has 0 saturated carbocycles. The van der Waals surface area contributed by atoms with Crippen LogP contribution in [0.25, 0.3) is 0 Å². The fraction of sp³-hybridized carbons (Fsp3) is 0.583. The van der Waals surface area contributed by atoms with Crippen molar-refractivity contribution in [3.63, 3.8) is 0 Å². The topological polar surface area (TPSA) is 97.8 Å². The number of carbonyl (C=O) groups is 2. The summed E-state index contributed by atoms with van der Waals surface area (Å²) in [4.78, 5) is 23.2. The molecule has 1 heterocycles. The molecule has 0 radical (unpaired) electrons. The Labute approximate surface area is 121 Å². The number of aromatic nitrogens is 1. The molecule has 1 aromatic heterocycles. The van der Waals surface area contributed by atoms with E-state index in [-0.39, 0.29) is 6.42 Å². The Morgan fingerprint density at radius 1 is 1.50 bits per heavy atom. The van der Waals surface area contributed by atoms with Crippen molar-refractivity contribution < 1.29 is 24.2 Å². The van der Waals surface area contributed by atoms with E-state index in [4.69, 9.17) is 14.6 Å². The number of hydrogen-bond donors (Lipinski definition) is 2. The Hall–Kier alpha value is -1.83. The zero-order valence-corrected chi connectivity index (χ0v) is 12.6. The van der Waals surface area contributed by atoms with Crippen molar-refractivity contribution in [2.75, 3.05) is 7.11 Å². The molecule has 1 amide bonds. The molecule has 1 atom stereocenters. The minimum Gasteiger partial charge on any atom is -0.481 e. The molecule has 112 valence electrons. The van der Waals surface area contributed by atoms with Gasteiger partial charge in [-0.15, -0.1) is 0 Å². The van der Waals surface area contributed by atoms with E-state index in [1.165, 1.54) is 7.11 Å². The summed E-state index contributed by atoms with van der Waals surface area (Å²) in [7, 11) is 1.46. The standard InChI is InChI=1S/C12H18N2O5S/c1-12(2,3)19-11(17)13-7(5-10(15)16)8-6-9(18-4)14-20-8/h6-7H,5H2,1-4H3,(H,13,17)(H,15,16)/t7-/m0/s1. The molecule has 20 heavy (non-hydrogen) atoms. The number of rotatable bonds is 5. The average Bonchev–Trinajstić information content (AvgIpc) is 2.73. The van der Waals surface area contributed by atoms with E-state index in [9.17, 15) is 9.59 Å². The number of nitrogens with zero attached hydrogens (tertiary/aromatic N) is 1. The van der Waals surface area contributed by atoms with E-state index in [2.05, 4.69) is 9.69 Å². The Balaban J connectivity index is 2.79. The number of carboxylic acids is 1. The lowest BCUT2D eigenvalue weighted by Gasteiger charge is -2.22. The summed E-state index contributed by atoms with van der Waals surface area (Å²) in [6.45, 7) is 5.19. The third-order valence-electron chi connectivity index (χ3n) is 2.13. The van der Waals surface area contributed by atoms with Gasteiger partial charge in [0.05, 0.1) is 24.4 Å². The molecule has 0 aliphatic carbocycles. The van der Waals surface area contributed by atoms with Crippen molar-refractivity contribution in [3.8, 4) is 5.88 Å². The summed E-state index contributed by atoms with van der Waals surface area (Å²) in [5, 5.41) is 11.4. The van der Waals surface area contributed by atoms with Crippen LogP contribution in [0.2, 0.25) is 0 Å². The van der Waals surface area contributed by atoms with Crippen molar-refractivity contribution >= 4 is 23.6 Å². The average molecular weight is 302 g/mol. The lowest BCUT2D eigenvalue weighted by Crippen LogP contribution is -2.35. The number of hydrogen-bond acceptors (Lipinski definition) is 6. The van der Waals surface area contributed by atoms with Gasteiger partial charge in [0, 0.05) is 6.07 Å². The maximum absolute atomic E-state index is 11.7. The summed E-state index contributed by atoms with van der Waals surface area (Å²) in [5.74, 6) is -0.648. The molecule has 0 unspecified atom stereocenters. The van der Waals surface area contributed by atoms with E-state index in [1.54, 1.807) is 26.8 Å². The van der Waals surface area contributed by atoms with Gasteiger partial charge in [-0.25, -0.2) is 4.79 Å². The second kappa shape index (κ2) is 6.56. The molecule has 0 aromatic carbocycles. The molecule has 0 fully saturated rings. The van der Waals surface area contributed by atoms with Gasteiger partial charge in [-0.2, -0.15) is 4.37 Å². The van der Waals surface area contributed by atoms with Gasteiger partial charge in [-0.05, 0) is 32.3 Å². The first kappa shape index (κ1) is 16.2. The van der Waals surface area contributed by atoms with E-state index in [0.29, 0.717) is 10.8 Å². The van der Waals surface area contributed by atoms with Crippen LogP contribution in [0.5, 0.6) is 5.88 Å². The predicted octanol–water partition coefficient (Wildman–Crippen LogP) is 2.19. The van der Waals surface area contributed by atoms with Gasteiger partial charge in [-0.1, -0.05) is 0 Å². The molecule has 7 nitrogen and oxygen atoms in total. The summed E-state index contributed by atoms with van der Waals surface area (Å²) in [6, 6.07) is 0.888. The van der Waals surface area contributed by atoms with Crippen LogP contribution >= 0.6 is 11.5 Å². The number of alkyl carbamates (subject to hydrolysis) is 1. The summed E-state index contributed by atoms with van der Waals surface area (Å²) in [5.41, 5.74) is -0.650. The normalized spacial score (nSPS) is 12.6. The fourth-order valence-electron chi connectivity index (χ4n) is 1.38. The lowest BCUT2D eigenvalue weighted by atomic mass is 10.1. The predicted molar refractivity (Wildman–Crippen MR) is 73.0 cm³/mol. The molecule has 8 heteroatoms. The van der Waals surface area contributed by atoms with Gasteiger partial charge < -0.3 is 19.9 Å². The molecule has 0 saturated heterocycles. The number of amides is 1. The summed E-state index contributed by atoms with van der Waals surface area (Å²) in [6.07, 6.45) is -0.930. The molecule has 2 N–H and O–H groups in total. The van der Waals surface area contributed by atoms with Gasteiger partial charge >= 0.3 is 12.1 Å². The summed E-state index contributed by atoms with van der Waals surface area (Å²) >= 11 is 1.08.